The maximum absolute atomic E-state index is 12.8. The summed E-state index contributed by atoms with van der Waals surface area (Å²) in [5.41, 5.74) is 10.4. The molecule has 7 aromatic heterocycles. The molecule has 4 N–H and O–H groups in total. The Morgan fingerprint density at radius 1 is 0.486 bits per heavy atom. The Kier molecular flexibility index (Phi) is 20.2. The fourth-order valence-corrected chi connectivity index (χ4v) is 8.93. The fourth-order valence-electron chi connectivity index (χ4n) is 7.31. The van der Waals surface area contributed by atoms with Gasteiger partial charge in [-0.2, -0.15) is 9.60 Å². The number of benzene rings is 2. The molecule has 9 aromatic rings. The first-order valence-electron chi connectivity index (χ1n) is 22.9. The number of rotatable bonds is 16. The van der Waals surface area contributed by atoms with Gasteiger partial charge in [-0.1, -0.05) is 59.7 Å². The molecule has 2 aromatic carbocycles. The summed E-state index contributed by atoms with van der Waals surface area (Å²) in [6.07, 6.45) is 19.1. The van der Waals surface area contributed by atoms with Crippen molar-refractivity contribution in [3.63, 3.8) is 0 Å². The maximum Gasteiger partial charge on any atom is 0.336 e. The zero-order chi connectivity index (χ0) is 51.2. The second-order valence-electron chi connectivity index (χ2n) is 16.5. The predicted octanol–water partition coefficient (Wildman–Crippen LogP) is 10.9. The highest BCUT2D eigenvalue weighted by atomic mass is 32.1. The van der Waals surface area contributed by atoms with Crippen LogP contribution in [0.3, 0.4) is 0 Å². The number of H-pyrrole nitrogens is 1. The molecule has 9 rings (SSSR count). The molecule has 17 heteroatoms. The summed E-state index contributed by atoms with van der Waals surface area (Å²) in [7, 11) is 0. The van der Waals surface area contributed by atoms with Crippen molar-refractivity contribution >= 4 is 40.6 Å². The molecule has 0 spiro atoms. The number of halogens is 1. The largest absolute Gasteiger partial charge is 0.478 e. The third-order valence-corrected chi connectivity index (χ3v) is 13.2. The number of aryl methyl sites for hydroxylation is 11. The first-order chi connectivity index (χ1) is 34.8. The number of aromatic nitrogens is 8. The second kappa shape index (κ2) is 27.3. The number of carboxylic acids is 3. The number of aromatic amines is 1. The lowest BCUT2D eigenvalue weighted by Gasteiger charge is -2.06. The normalized spacial score (nSPS) is 10.4. The first kappa shape index (κ1) is 53.2. The van der Waals surface area contributed by atoms with Gasteiger partial charge in [0.25, 0.3) is 0 Å². The molecule has 0 amide bonds. The Morgan fingerprint density at radius 3 is 1.31 bits per heavy atom. The van der Waals surface area contributed by atoms with Gasteiger partial charge in [0.05, 0.1) is 16.7 Å². The van der Waals surface area contributed by atoms with Gasteiger partial charge in [-0.05, 0) is 159 Å². The van der Waals surface area contributed by atoms with Crippen molar-refractivity contribution in [3.8, 4) is 11.4 Å². The van der Waals surface area contributed by atoms with Crippen LogP contribution in [-0.4, -0.2) is 73.8 Å². The van der Waals surface area contributed by atoms with Gasteiger partial charge in [0.1, 0.15) is 0 Å². The van der Waals surface area contributed by atoms with E-state index in [0.29, 0.717) is 41.8 Å². The molecule has 0 aliphatic rings. The van der Waals surface area contributed by atoms with E-state index in [1.54, 1.807) is 54.3 Å². The van der Waals surface area contributed by atoms with Crippen LogP contribution in [0.5, 0.6) is 0 Å². The molecule has 14 nitrogen and oxygen atoms in total. The lowest BCUT2D eigenvalue weighted by molar-refractivity contribution is 0.0684. The average Bonchev–Trinajstić information content (AvgIpc) is 4.19. The molecule has 7 heterocycles. The molecule has 0 unspecified atom stereocenters. The Morgan fingerprint density at radius 2 is 0.903 bits per heavy atom. The molecule has 0 bridgehead atoms. The zero-order valence-corrected chi connectivity index (χ0v) is 41.5. The predicted molar refractivity (Wildman–Crippen MR) is 276 cm³/mol. The van der Waals surface area contributed by atoms with Crippen LogP contribution in [0, 0.1) is 25.9 Å². The van der Waals surface area contributed by atoms with E-state index in [1.807, 2.05) is 19.2 Å². The SMILES string of the molecule is Cc1ccc(CCc2cnccc2-c2nn[nH]n2)cc1.Cc1ccc(CCc2cnccc2C(=O)O)cc1.Cc1ccc(CCc2cnccc2C(=O)O)s1.O=C(O)c1ccncc1CCc1ccc(F)s1. The number of thiophene rings is 2. The van der Waals surface area contributed by atoms with Crippen LogP contribution in [0.25, 0.3) is 11.4 Å². The number of hydrogen-bond donors (Lipinski definition) is 4. The lowest BCUT2D eigenvalue weighted by atomic mass is 10.0. The Bertz CT molecular complexity index is 3050. The van der Waals surface area contributed by atoms with Gasteiger partial charge < -0.3 is 15.3 Å². The first-order valence-corrected chi connectivity index (χ1v) is 24.5. The summed E-state index contributed by atoms with van der Waals surface area (Å²) >= 11 is 2.84. The molecule has 0 saturated heterocycles. The van der Waals surface area contributed by atoms with E-state index in [-0.39, 0.29) is 10.7 Å². The molecule has 0 atom stereocenters. The van der Waals surface area contributed by atoms with Crippen LogP contribution < -0.4 is 0 Å². The minimum Gasteiger partial charge on any atom is -0.478 e. The minimum absolute atomic E-state index is 0.218. The van der Waals surface area contributed by atoms with Gasteiger partial charge in [0.2, 0.25) is 5.82 Å². The summed E-state index contributed by atoms with van der Waals surface area (Å²) in [5, 5.41) is 41.1. The quantitative estimate of drug-likeness (QED) is 0.0709. The van der Waals surface area contributed by atoms with Crippen LogP contribution in [0.4, 0.5) is 4.39 Å². The number of carbonyl (C=O) groups is 3. The minimum atomic E-state index is -0.959. The summed E-state index contributed by atoms with van der Waals surface area (Å²) in [5.74, 6) is -2.12. The van der Waals surface area contributed by atoms with E-state index in [2.05, 4.69) is 115 Å². The molecule has 0 radical (unpaired) electrons. The number of tetrazole rings is 1. The van der Waals surface area contributed by atoms with Crippen molar-refractivity contribution in [1.29, 1.82) is 0 Å². The van der Waals surface area contributed by atoms with Crippen LogP contribution in [0.1, 0.15) is 90.2 Å². The lowest BCUT2D eigenvalue weighted by Crippen LogP contribution is -2.04. The van der Waals surface area contributed by atoms with Gasteiger partial charge in [-0.15, -0.1) is 32.9 Å². The molecule has 0 aliphatic heterocycles. The smallest absolute Gasteiger partial charge is 0.336 e. The van der Waals surface area contributed by atoms with Gasteiger partial charge in [0, 0.05) is 69.8 Å². The number of aromatic carboxylic acids is 3. The fraction of sp³-hybridized carbons (Fsp3) is 0.200. The molecular formula is C55H53FN8O6S2. The Balaban J connectivity index is 0.000000157. The summed E-state index contributed by atoms with van der Waals surface area (Å²) in [4.78, 5) is 52.6. The van der Waals surface area contributed by atoms with Crippen molar-refractivity contribution < 1.29 is 34.1 Å². The molecule has 0 saturated carbocycles. The topological polar surface area (TPSA) is 218 Å². The van der Waals surface area contributed by atoms with Gasteiger partial charge in [0.15, 0.2) is 5.13 Å². The number of pyridine rings is 4. The molecule has 0 aliphatic carbocycles. The molecule has 368 valence electrons. The highest BCUT2D eigenvalue weighted by Crippen LogP contribution is 2.22. The van der Waals surface area contributed by atoms with Crippen LogP contribution in [-0.2, 0) is 51.4 Å². The van der Waals surface area contributed by atoms with Crippen molar-refractivity contribution in [2.75, 3.05) is 0 Å². The monoisotopic (exact) mass is 1000 g/mol. The van der Waals surface area contributed by atoms with Crippen molar-refractivity contribution in [2.24, 2.45) is 0 Å². The van der Waals surface area contributed by atoms with E-state index in [0.717, 1.165) is 70.6 Å². The van der Waals surface area contributed by atoms with Crippen LogP contribution in [0.2, 0.25) is 0 Å². The third kappa shape index (κ3) is 16.8. The Labute approximate surface area is 424 Å². The molecule has 0 fully saturated rings. The van der Waals surface area contributed by atoms with Crippen molar-refractivity contribution in [2.45, 2.75) is 72.1 Å². The highest BCUT2D eigenvalue weighted by molar-refractivity contribution is 7.11. The van der Waals surface area contributed by atoms with Crippen molar-refractivity contribution in [3.05, 3.63) is 228 Å². The summed E-state index contributed by atoms with van der Waals surface area (Å²) < 4.78 is 12.8. The van der Waals surface area contributed by atoms with Gasteiger partial charge in [-0.3, -0.25) is 19.9 Å². The maximum atomic E-state index is 12.8. The Hall–Kier alpha value is -8.15. The number of nitrogens with zero attached hydrogens (tertiary/aromatic N) is 7. The second-order valence-corrected chi connectivity index (χ2v) is 19.0. The summed E-state index contributed by atoms with van der Waals surface area (Å²) in [6, 6.07) is 30.7. The highest BCUT2D eigenvalue weighted by Gasteiger charge is 2.13. The number of hydrogen-bond acceptors (Lipinski definition) is 12. The average molecular weight is 1010 g/mol. The van der Waals surface area contributed by atoms with Crippen molar-refractivity contribution in [1.82, 2.24) is 40.6 Å². The standard InChI is InChI=1S/C15H15N5.C15H15NO2.C13H13NO2S.C12H10FNO2S/c1-11-2-4-12(5-3-11)6-7-13-10-16-9-8-14(13)15-17-19-20-18-15;1-11-2-4-12(5-3-11)6-7-13-10-16-9-8-14(13)15(17)18;1-9-2-4-11(17-9)5-3-10-8-14-7-6-12(10)13(15)16;13-11-4-3-9(17-11)2-1-8-7-14-6-5-10(8)12(15)16/h2-5,8-10H,6-7H2,1H3,(H,17,18,19,20);2-5,8-10H,6-7H2,1H3,(H,17,18);2,4,6-8H,3,5H2,1H3,(H,15,16);3-7H,1-2H2,(H,15,16). The van der Waals surface area contributed by atoms with E-state index in [1.165, 1.54) is 62.7 Å². The number of nitrogens with one attached hydrogen (secondary N) is 1. The molecule has 72 heavy (non-hydrogen) atoms. The van der Waals surface area contributed by atoms with Crippen LogP contribution >= 0.6 is 22.7 Å². The van der Waals surface area contributed by atoms with Crippen LogP contribution in [0.15, 0.2) is 147 Å². The van der Waals surface area contributed by atoms with E-state index in [4.69, 9.17) is 15.3 Å². The van der Waals surface area contributed by atoms with Gasteiger partial charge >= 0.3 is 17.9 Å². The van der Waals surface area contributed by atoms with E-state index < -0.39 is 17.9 Å². The summed E-state index contributed by atoms with van der Waals surface area (Å²) in [6.45, 7) is 6.22. The van der Waals surface area contributed by atoms with Gasteiger partial charge in [-0.25, -0.2) is 14.4 Å². The third-order valence-electron chi connectivity index (χ3n) is 11.2. The van der Waals surface area contributed by atoms with E-state index in [9.17, 15) is 18.8 Å². The molecular weight excluding hydrogens is 952 g/mol. The zero-order valence-electron chi connectivity index (χ0n) is 39.9. The van der Waals surface area contributed by atoms with E-state index >= 15 is 0 Å². The number of carboxylic acid groups (broad SMARTS) is 3.